The van der Waals surface area contributed by atoms with Crippen molar-refractivity contribution in [2.75, 3.05) is 13.2 Å². The molecule has 4 N–H and O–H groups in total. The van der Waals surface area contributed by atoms with E-state index in [-0.39, 0.29) is 11.4 Å². The summed E-state index contributed by atoms with van der Waals surface area (Å²) < 4.78 is 15.0. The topological polar surface area (TPSA) is 146 Å². The van der Waals surface area contributed by atoms with E-state index in [0.29, 0.717) is 0 Å². The average molecular weight is 306 g/mol. The van der Waals surface area contributed by atoms with Crippen molar-refractivity contribution in [2.24, 2.45) is 10.9 Å². The lowest BCUT2D eigenvalue weighted by Gasteiger charge is -2.25. The lowest BCUT2D eigenvalue weighted by atomic mass is 9.90. The van der Waals surface area contributed by atoms with Gasteiger partial charge in [-0.25, -0.2) is 4.57 Å². The van der Waals surface area contributed by atoms with Crippen LogP contribution >= 0.6 is 7.82 Å². The minimum absolute atomic E-state index is 0.269. The van der Waals surface area contributed by atoms with Gasteiger partial charge < -0.3 is 20.2 Å². The molecule has 0 spiro atoms. The Labute approximate surface area is 114 Å². The minimum Gasteiger partial charge on any atom is -0.480 e. The van der Waals surface area contributed by atoms with Crippen molar-refractivity contribution in [1.29, 1.82) is 0 Å². The maximum absolute atomic E-state index is 11.9. The fraction of sp³-hybridized carbons (Fsp3) is 0.500. The Hall–Kier alpha value is -1.54. The number of carboxylic acids is 1. The van der Waals surface area contributed by atoms with Crippen LogP contribution in [0.3, 0.4) is 0 Å². The molecule has 0 radical (unpaired) electrons. The molecule has 1 aliphatic heterocycles. The van der Waals surface area contributed by atoms with E-state index in [1.807, 2.05) is 0 Å². The molecule has 1 aliphatic rings. The van der Waals surface area contributed by atoms with Gasteiger partial charge in [-0.2, -0.15) is 0 Å². The molecule has 9 nitrogen and oxygen atoms in total. The number of Topliss-reactive ketones (excluding diaryl/α,β-unsaturated/α-hetero) is 1. The van der Waals surface area contributed by atoms with Crippen LogP contribution in [0, 0.1) is 5.92 Å². The number of rotatable bonds is 6. The van der Waals surface area contributed by atoms with E-state index in [4.69, 9.17) is 14.9 Å². The van der Waals surface area contributed by atoms with E-state index in [1.165, 1.54) is 6.20 Å². The molecule has 0 saturated carbocycles. The number of phosphoric ester groups is 1. The van der Waals surface area contributed by atoms with Gasteiger partial charge in [0.25, 0.3) is 0 Å². The van der Waals surface area contributed by atoms with Gasteiger partial charge in [0.2, 0.25) is 0 Å². The third kappa shape index (κ3) is 5.22. The predicted octanol–water partition coefficient (Wildman–Crippen LogP) is -0.688. The third-order valence-corrected chi connectivity index (χ3v) is 3.00. The number of nitrogens with one attached hydrogen (secondary N) is 1. The summed E-state index contributed by atoms with van der Waals surface area (Å²) >= 11 is 0. The van der Waals surface area contributed by atoms with E-state index in [1.54, 1.807) is 6.92 Å². The number of nitrogens with zero attached hydrogens (tertiary/aromatic N) is 1. The number of phosphoric acid groups is 1. The summed E-state index contributed by atoms with van der Waals surface area (Å²) in [6, 6.07) is -0.505. The number of hydrogen-bond acceptors (Lipinski definition) is 6. The number of aliphatic imine (C=N–C) groups is 1. The van der Waals surface area contributed by atoms with Crippen molar-refractivity contribution in [3.8, 4) is 0 Å². The molecule has 1 heterocycles. The van der Waals surface area contributed by atoms with E-state index in [0.717, 1.165) is 6.21 Å². The molecular formula is C10H15N2O7P. The van der Waals surface area contributed by atoms with Crippen molar-refractivity contribution < 1.29 is 33.6 Å². The molecule has 0 fully saturated rings. The van der Waals surface area contributed by atoms with E-state index in [9.17, 15) is 14.2 Å². The number of hydrogen-bond donors (Lipinski definition) is 4. The number of ketones is 1. The quantitative estimate of drug-likeness (QED) is 0.372. The lowest BCUT2D eigenvalue weighted by Crippen LogP contribution is -2.42. The number of carboxylic acid groups (broad SMARTS) is 1. The Balaban J connectivity index is 2.82. The molecule has 0 aromatic rings. The molecule has 1 rings (SSSR count). The molecule has 20 heavy (non-hydrogen) atoms. The maximum Gasteiger partial charge on any atom is 0.469 e. The fourth-order valence-electron chi connectivity index (χ4n) is 1.55. The molecule has 0 aromatic carbocycles. The average Bonchev–Trinajstić information content (AvgIpc) is 2.32. The highest BCUT2D eigenvalue weighted by atomic mass is 31.2. The summed E-state index contributed by atoms with van der Waals surface area (Å²) in [4.78, 5) is 43.2. The Morgan fingerprint density at radius 3 is 2.80 bits per heavy atom. The maximum atomic E-state index is 11.9. The SMILES string of the molecule is CC1NC=C(COP(=O)(O)O)C(C=NCC(=O)O)C1=O. The van der Waals surface area contributed by atoms with Crippen molar-refractivity contribution >= 4 is 25.8 Å². The Kier molecular flexibility index (Phi) is 5.58. The zero-order valence-electron chi connectivity index (χ0n) is 10.6. The molecule has 112 valence electrons. The summed E-state index contributed by atoms with van der Waals surface area (Å²) in [5.74, 6) is -2.30. The first-order valence-corrected chi connectivity index (χ1v) is 7.14. The van der Waals surface area contributed by atoms with Gasteiger partial charge in [0.05, 0.1) is 18.6 Å². The second-order valence-electron chi connectivity index (χ2n) is 4.14. The van der Waals surface area contributed by atoms with Gasteiger partial charge in [0, 0.05) is 6.21 Å². The predicted molar refractivity (Wildman–Crippen MR) is 68.2 cm³/mol. The van der Waals surface area contributed by atoms with Crippen LogP contribution in [-0.2, 0) is 18.7 Å². The summed E-state index contributed by atoms with van der Waals surface area (Å²) in [6.45, 7) is 0.662. The van der Waals surface area contributed by atoms with Crippen LogP contribution in [-0.4, -0.2) is 52.1 Å². The van der Waals surface area contributed by atoms with Gasteiger partial charge in [-0.05, 0) is 18.7 Å². The van der Waals surface area contributed by atoms with Crippen molar-refractivity contribution in [3.05, 3.63) is 11.8 Å². The van der Waals surface area contributed by atoms with Crippen LogP contribution in [0.5, 0.6) is 0 Å². The molecule has 10 heteroatoms. The van der Waals surface area contributed by atoms with Gasteiger partial charge >= 0.3 is 13.8 Å². The first-order valence-electron chi connectivity index (χ1n) is 5.61. The van der Waals surface area contributed by atoms with Crippen molar-refractivity contribution in [1.82, 2.24) is 5.32 Å². The normalized spacial score (nSPS) is 23.6. The Morgan fingerprint density at radius 1 is 1.60 bits per heavy atom. The lowest BCUT2D eigenvalue weighted by molar-refractivity contribution is -0.135. The zero-order valence-corrected chi connectivity index (χ0v) is 11.5. The van der Waals surface area contributed by atoms with Crippen LogP contribution in [0.2, 0.25) is 0 Å². The highest BCUT2D eigenvalue weighted by Gasteiger charge is 2.30. The number of aliphatic carboxylic acids is 1. The summed E-state index contributed by atoms with van der Waals surface area (Å²) in [5.41, 5.74) is 0.269. The van der Waals surface area contributed by atoms with Crippen LogP contribution < -0.4 is 5.32 Å². The number of carbonyl (C=O) groups excluding carboxylic acids is 1. The summed E-state index contributed by atoms with van der Waals surface area (Å²) in [5, 5.41) is 11.2. The van der Waals surface area contributed by atoms with Crippen LogP contribution in [0.25, 0.3) is 0 Å². The van der Waals surface area contributed by atoms with Gasteiger partial charge in [0.15, 0.2) is 5.78 Å². The molecule has 0 aliphatic carbocycles. The Morgan fingerprint density at radius 2 is 2.25 bits per heavy atom. The van der Waals surface area contributed by atoms with E-state index in [2.05, 4.69) is 14.8 Å². The summed E-state index contributed by atoms with van der Waals surface area (Å²) in [6.07, 6.45) is 2.57. The molecule has 2 unspecified atom stereocenters. The minimum atomic E-state index is -4.65. The van der Waals surface area contributed by atoms with E-state index < -0.39 is 38.9 Å². The van der Waals surface area contributed by atoms with Gasteiger partial charge in [-0.1, -0.05) is 0 Å². The fourth-order valence-corrected chi connectivity index (χ4v) is 1.87. The van der Waals surface area contributed by atoms with Gasteiger partial charge in [0.1, 0.15) is 6.54 Å². The van der Waals surface area contributed by atoms with E-state index >= 15 is 0 Å². The molecule has 0 saturated heterocycles. The first-order chi connectivity index (χ1) is 9.20. The molecule has 0 amide bonds. The molecule has 2 atom stereocenters. The molecular weight excluding hydrogens is 291 g/mol. The second kappa shape index (κ2) is 6.76. The first kappa shape index (κ1) is 16.5. The smallest absolute Gasteiger partial charge is 0.469 e. The third-order valence-electron chi connectivity index (χ3n) is 2.53. The largest absolute Gasteiger partial charge is 0.480 e. The van der Waals surface area contributed by atoms with Crippen LogP contribution in [0.1, 0.15) is 6.92 Å². The highest BCUT2D eigenvalue weighted by Crippen LogP contribution is 2.37. The zero-order chi connectivity index (χ0) is 15.3. The summed E-state index contributed by atoms with van der Waals surface area (Å²) in [7, 11) is -4.65. The number of carbonyl (C=O) groups is 2. The van der Waals surface area contributed by atoms with Crippen molar-refractivity contribution in [3.63, 3.8) is 0 Å². The van der Waals surface area contributed by atoms with Gasteiger partial charge in [-0.3, -0.25) is 19.1 Å². The van der Waals surface area contributed by atoms with Crippen LogP contribution in [0.15, 0.2) is 16.8 Å². The van der Waals surface area contributed by atoms with Gasteiger partial charge in [-0.15, -0.1) is 0 Å². The second-order valence-corrected chi connectivity index (χ2v) is 5.37. The van der Waals surface area contributed by atoms with Crippen LogP contribution in [0.4, 0.5) is 0 Å². The monoisotopic (exact) mass is 306 g/mol. The molecule has 0 aromatic heterocycles. The highest BCUT2D eigenvalue weighted by molar-refractivity contribution is 7.46. The Bertz CT molecular complexity index is 496. The van der Waals surface area contributed by atoms with Crippen molar-refractivity contribution in [2.45, 2.75) is 13.0 Å². The standard InChI is InChI=1S/C10H15N2O7P/c1-6-10(15)8(3-11-4-9(13)14)7(2-12-6)5-19-20(16,17)18/h2-3,6,8,12H,4-5H2,1H3,(H,13,14)(H2,16,17,18). The molecule has 0 bridgehead atoms.